The third-order valence-electron chi connectivity index (χ3n) is 1.92. The minimum absolute atomic E-state index is 0.123. The quantitative estimate of drug-likeness (QED) is 0.464. The van der Waals surface area contributed by atoms with Crippen LogP contribution < -0.4 is 11.5 Å². The van der Waals surface area contributed by atoms with Gasteiger partial charge in [0, 0.05) is 10.6 Å². The summed E-state index contributed by atoms with van der Waals surface area (Å²) in [6.07, 6.45) is 0. The first-order valence-electron chi connectivity index (χ1n) is 5.02. The van der Waals surface area contributed by atoms with Crippen molar-refractivity contribution in [1.29, 1.82) is 0 Å². The van der Waals surface area contributed by atoms with Crippen LogP contribution in [-0.4, -0.2) is 24.2 Å². The highest BCUT2D eigenvalue weighted by Gasteiger charge is 2.11. The number of hydrogen-bond acceptors (Lipinski definition) is 5. The zero-order chi connectivity index (χ0) is 12.8. The van der Waals surface area contributed by atoms with E-state index in [4.69, 9.17) is 16.2 Å². The fraction of sp³-hybridized carbons (Fsp3) is 0.273. The Bertz CT molecular complexity index is 435. The van der Waals surface area contributed by atoms with Gasteiger partial charge in [-0.1, -0.05) is 0 Å². The van der Waals surface area contributed by atoms with Crippen LogP contribution in [0.3, 0.4) is 0 Å². The molecule has 0 spiro atoms. The van der Waals surface area contributed by atoms with Crippen LogP contribution in [0.4, 0.5) is 5.69 Å². The van der Waals surface area contributed by atoms with Gasteiger partial charge in [0.05, 0.1) is 17.9 Å². The second-order valence-corrected chi connectivity index (χ2v) is 4.23. The van der Waals surface area contributed by atoms with E-state index in [9.17, 15) is 9.59 Å². The molecule has 0 aliphatic rings. The van der Waals surface area contributed by atoms with Crippen molar-refractivity contribution in [3.05, 3.63) is 23.8 Å². The minimum atomic E-state index is -0.545. The topological polar surface area (TPSA) is 95.4 Å². The Kier molecular flexibility index (Phi) is 4.84. The molecular formula is C11H14N2O3S. The lowest BCUT2D eigenvalue weighted by Gasteiger charge is -2.07. The van der Waals surface area contributed by atoms with Crippen LogP contribution in [-0.2, 0) is 9.53 Å². The summed E-state index contributed by atoms with van der Waals surface area (Å²) >= 11 is 1.18. The lowest BCUT2D eigenvalue weighted by Crippen LogP contribution is -2.13. The molecule has 0 unspecified atom stereocenters. The van der Waals surface area contributed by atoms with Crippen molar-refractivity contribution in [2.75, 3.05) is 18.1 Å². The highest BCUT2D eigenvalue weighted by atomic mass is 32.2. The number of benzene rings is 1. The highest BCUT2D eigenvalue weighted by Crippen LogP contribution is 2.25. The maximum atomic E-state index is 11.2. The standard InChI is InChI=1S/C11H14N2O3S/c1-2-16-10(14)6-17-9-5-7(12)3-4-8(9)11(13)15/h3-5H,2,6,12H2,1H3,(H2,13,15). The first kappa shape index (κ1) is 13.4. The predicted molar refractivity (Wildman–Crippen MR) is 66.7 cm³/mol. The molecule has 0 radical (unpaired) electrons. The molecule has 0 heterocycles. The third kappa shape index (κ3) is 3.99. The van der Waals surface area contributed by atoms with Crippen LogP contribution in [0.15, 0.2) is 23.1 Å². The minimum Gasteiger partial charge on any atom is -0.465 e. The number of ether oxygens (including phenoxy) is 1. The van der Waals surface area contributed by atoms with E-state index >= 15 is 0 Å². The van der Waals surface area contributed by atoms with Crippen LogP contribution in [0.25, 0.3) is 0 Å². The molecule has 0 atom stereocenters. The summed E-state index contributed by atoms with van der Waals surface area (Å²) in [5.74, 6) is -0.760. The highest BCUT2D eigenvalue weighted by molar-refractivity contribution is 8.00. The second-order valence-electron chi connectivity index (χ2n) is 3.21. The Labute approximate surface area is 103 Å². The second kappa shape index (κ2) is 6.15. The fourth-order valence-corrected chi connectivity index (χ4v) is 2.10. The molecule has 0 aliphatic heterocycles. The van der Waals surface area contributed by atoms with E-state index in [1.807, 2.05) is 0 Å². The van der Waals surface area contributed by atoms with Crippen molar-refractivity contribution >= 4 is 29.3 Å². The van der Waals surface area contributed by atoms with E-state index in [1.165, 1.54) is 11.8 Å². The number of nitrogen functional groups attached to an aromatic ring is 1. The number of carbonyl (C=O) groups excluding carboxylic acids is 2. The normalized spacial score (nSPS) is 9.94. The first-order chi connectivity index (χ1) is 8.04. The molecule has 1 amide bonds. The van der Waals surface area contributed by atoms with Gasteiger partial charge in [0.2, 0.25) is 5.91 Å². The summed E-state index contributed by atoms with van der Waals surface area (Å²) in [6, 6.07) is 4.75. The van der Waals surface area contributed by atoms with E-state index in [-0.39, 0.29) is 11.7 Å². The first-order valence-corrected chi connectivity index (χ1v) is 6.01. The Balaban J connectivity index is 2.78. The maximum absolute atomic E-state index is 11.2. The van der Waals surface area contributed by atoms with Gasteiger partial charge in [-0.25, -0.2) is 0 Å². The SMILES string of the molecule is CCOC(=O)CSc1cc(N)ccc1C(N)=O. The summed E-state index contributed by atoms with van der Waals surface area (Å²) in [6.45, 7) is 2.07. The Morgan fingerprint density at radius 3 is 2.71 bits per heavy atom. The molecule has 4 N–H and O–H groups in total. The zero-order valence-electron chi connectivity index (χ0n) is 9.43. The summed E-state index contributed by atoms with van der Waals surface area (Å²) < 4.78 is 4.79. The molecule has 0 aliphatic carbocycles. The molecule has 1 rings (SSSR count). The van der Waals surface area contributed by atoms with Gasteiger partial charge in [0.25, 0.3) is 0 Å². The number of primary amides is 1. The fourth-order valence-electron chi connectivity index (χ4n) is 1.20. The van der Waals surface area contributed by atoms with Crippen LogP contribution in [0.5, 0.6) is 0 Å². The maximum Gasteiger partial charge on any atom is 0.316 e. The summed E-state index contributed by atoms with van der Waals surface area (Å²) in [4.78, 5) is 22.9. The van der Waals surface area contributed by atoms with Crippen molar-refractivity contribution in [3.63, 3.8) is 0 Å². The van der Waals surface area contributed by atoms with E-state index in [2.05, 4.69) is 0 Å². The number of amides is 1. The van der Waals surface area contributed by atoms with E-state index in [0.29, 0.717) is 22.8 Å². The number of anilines is 1. The number of carbonyl (C=O) groups is 2. The van der Waals surface area contributed by atoms with E-state index in [1.54, 1.807) is 25.1 Å². The monoisotopic (exact) mass is 254 g/mol. The van der Waals surface area contributed by atoms with Gasteiger partial charge < -0.3 is 16.2 Å². The summed E-state index contributed by atoms with van der Waals surface area (Å²) in [7, 11) is 0. The van der Waals surface area contributed by atoms with Gasteiger partial charge in [0.15, 0.2) is 0 Å². The molecule has 5 nitrogen and oxygen atoms in total. The zero-order valence-corrected chi connectivity index (χ0v) is 10.3. The Morgan fingerprint density at radius 2 is 2.12 bits per heavy atom. The summed E-state index contributed by atoms with van der Waals surface area (Å²) in [5.41, 5.74) is 11.7. The van der Waals surface area contributed by atoms with Crippen LogP contribution in [0.2, 0.25) is 0 Å². The van der Waals surface area contributed by atoms with E-state index < -0.39 is 5.91 Å². The van der Waals surface area contributed by atoms with Gasteiger partial charge >= 0.3 is 5.97 Å². The Hall–Kier alpha value is -1.69. The predicted octanol–water partition coefficient (Wildman–Crippen LogP) is 1.02. The van der Waals surface area contributed by atoms with Crippen LogP contribution >= 0.6 is 11.8 Å². The molecule has 17 heavy (non-hydrogen) atoms. The molecule has 92 valence electrons. The number of thioether (sulfide) groups is 1. The van der Waals surface area contributed by atoms with Crippen molar-refractivity contribution < 1.29 is 14.3 Å². The molecule has 6 heteroatoms. The van der Waals surface area contributed by atoms with Crippen molar-refractivity contribution in [2.45, 2.75) is 11.8 Å². The average molecular weight is 254 g/mol. The molecule has 0 aromatic heterocycles. The lowest BCUT2D eigenvalue weighted by molar-refractivity contribution is -0.139. The average Bonchev–Trinajstić information content (AvgIpc) is 2.26. The third-order valence-corrected chi connectivity index (χ3v) is 2.95. The largest absolute Gasteiger partial charge is 0.465 e. The molecular weight excluding hydrogens is 240 g/mol. The van der Waals surface area contributed by atoms with Gasteiger partial charge in [-0.3, -0.25) is 9.59 Å². The smallest absolute Gasteiger partial charge is 0.316 e. The van der Waals surface area contributed by atoms with Crippen molar-refractivity contribution in [2.24, 2.45) is 5.73 Å². The number of hydrogen-bond donors (Lipinski definition) is 2. The lowest BCUT2D eigenvalue weighted by atomic mass is 10.2. The molecule has 1 aromatic rings. The Morgan fingerprint density at radius 1 is 1.41 bits per heavy atom. The molecule has 0 saturated heterocycles. The number of esters is 1. The molecule has 1 aromatic carbocycles. The van der Waals surface area contributed by atoms with Gasteiger partial charge in [-0.15, -0.1) is 11.8 Å². The number of nitrogens with two attached hydrogens (primary N) is 2. The summed E-state index contributed by atoms with van der Waals surface area (Å²) in [5, 5.41) is 0. The van der Waals surface area contributed by atoms with E-state index in [0.717, 1.165) is 0 Å². The van der Waals surface area contributed by atoms with Crippen LogP contribution in [0, 0.1) is 0 Å². The number of rotatable bonds is 5. The van der Waals surface area contributed by atoms with Crippen molar-refractivity contribution in [3.8, 4) is 0 Å². The molecule has 0 fully saturated rings. The molecule has 0 saturated carbocycles. The van der Waals surface area contributed by atoms with Gasteiger partial charge in [-0.2, -0.15) is 0 Å². The van der Waals surface area contributed by atoms with Crippen molar-refractivity contribution in [1.82, 2.24) is 0 Å². The molecule has 0 bridgehead atoms. The van der Waals surface area contributed by atoms with Gasteiger partial charge in [-0.05, 0) is 25.1 Å². The van der Waals surface area contributed by atoms with Gasteiger partial charge in [0.1, 0.15) is 0 Å². The van der Waals surface area contributed by atoms with Crippen LogP contribution in [0.1, 0.15) is 17.3 Å².